The summed E-state index contributed by atoms with van der Waals surface area (Å²) in [5.74, 6) is 0.160. The van der Waals surface area contributed by atoms with Crippen LogP contribution in [0.2, 0.25) is 0 Å². The van der Waals surface area contributed by atoms with Crippen molar-refractivity contribution in [2.24, 2.45) is 0 Å². The van der Waals surface area contributed by atoms with E-state index in [2.05, 4.69) is 22.2 Å². The fourth-order valence-electron chi connectivity index (χ4n) is 2.33. The van der Waals surface area contributed by atoms with Gasteiger partial charge >= 0.3 is 0 Å². The molecule has 23 heavy (non-hydrogen) atoms. The van der Waals surface area contributed by atoms with Crippen molar-refractivity contribution in [3.63, 3.8) is 0 Å². The lowest BCUT2D eigenvalue weighted by molar-refractivity contribution is -0.116. The Morgan fingerprint density at radius 2 is 1.96 bits per heavy atom. The van der Waals surface area contributed by atoms with E-state index in [0.29, 0.717) is 11.6 Å². The van der Waals surface area contributed by atoms with Crippen molar-refractivity contribution in [2.75, 3.05) is 5.32 Å². The van der Waals surface area contributed by atoms with Gasteiger partial charge in [-0.05, 0) is 23.6 Å². The predicted molar refractivity (Wildman–Crippen MR) is 95.6 cm³/mol. The van der Waals surface area contributed by atoms with E-state index in [1.54, 1.807) is 12.4 Å². The number of carbonyl (C=O) groups excluding carboxylic acids is 1. The second kappa shape index (κ2) is 7.15. The third kappa shape index (κ3) is 4.02. The van der Waals surface area contributed by atoms with Crippen molar-refractivity contribution in [2.45, 2.75) is 19.3 Å². The van der Waals surface area contributed by atoms with Gasteiger partial charge in [0.2, 0.25) is 5.91 Å². The maximum Gasteiger partial charge on any atom is 0.226 e. The van der Waals surface area contributed by atoms with Crippen LogP contribution in [0.15, 0.2) is 60.2 Å². The topological polar surface area (TPSA) is 54.9 Å². The average Bonchev–Trinajstić information content (AvgIpc) is 3.04. The van der Waals surface area contributed by atoms with E-state index >= 15 is 0 Å². The molecule has 2 heterocycles. The van der Waals surface area contributed by atoms with Crippen LogP contribution in [0.5, 0.6) is 0 Å². The average molecular weight is 325 g/mol. The van der Waals surface area contributed by atoms with Crippen molar-refractivity contribution in [3.8, 4) is 11.3 Å². The summed E-state index contributed by atoms with van der Waals surface area (Å²) in [7, 11) is 0. The molecule has 0 aliphatic carbocycles. The minimum Gasteiger partial charge on any atom is -0.302 e. The molecule has 0 saturated heterocycles. The van der Waals surface area contributed by atoms with Crippen molar-refractivity contribution in [1.82, 2.24) is 9.97 Å². The SMILES string of the molecule is CC(CC(=O)Nc1nc(-c2ccncc2)cs1)c1ccccc1.[HH]. The summed E-state index contributed by atoms with van der Waals surface area (Å²) in [6.07, 6.45) is 3.90. The monoisotopic (exact) mass is 325 g/mol. The fraction of sp³-hybridized carbons (Fsp3) is 0.167. The summed E-state index contributed by atoms with van der Waals surface area (Å²) in [5, 5.41) is 5.45. The number of hydrogen-bond acceptors (Lipinski definition) is 4. The van der Waals surface area contributed by atoms with Gasteiger partial charge in [0, 0.05) is 31.2 Å². The van der Waals surface area contributed by atoms with Gasteiger partial charge < -0.3 is 5.32 Å². The number of nitrogens with zero attached hydrogens (tertiary/aromatic N) is 2. The highest BCUT2D eigenvalue weighted by Gasteiger charge is 2.13. The second-order valence-electron chi connectivity index (χ2n) is 5.34. The lowest BCUT2D eigenvalue weighted by Crippen LogP contribution is -2.14. The zero-order chi connectivity index (χ0) is 16.1. The Morgan fingerprint density at radius 3 is 2.70 bits per heavy atom. The number of aromatic nitrogens is 2. The number of nitrogens with one attached hydrogen (secondary N) is 1. The summed E-state index contributed by atoms with van der Waals surface area (Å²) in [6.45, 7) is 2.05. The summed E-state index contributed by atoms with van der Waals surface area (Å²) in [6, 6.07) is 13.9. The highest BCUT2D eigenvalue weighted by atomic mass is 32.1. The molecule has 0 radical (unpaired) electrons. The first-order valence-electron chi connectivity index (χ1n) is 7.43. The van der Waals surface area contributed by atoms with Crippen LogP contribution in [0.1, 0.15) is 26.3 Å². The molecule has 1 unspecified atom stereocenters. The Labute approximate surface area is 140 Å². The number of hydrogen-bond donors (Lipinski definition) is 1. The van der Waals surface area contributed by atoms with Gasteiger partial charge in [0.1, 0.15) is 0 Å². The molecule has 1 aromatic carbocycles. The van der Waals surface area contributed by atoms with Crippen LogP contribution in [-0.2, 0) is 4.79 Å². The third-order valence-electron chi connectivity index (χ3n) is 3.59. The molecular formula is C18H19N3OS. The highest BCUT2D eigenvalue weighted by molar-refractivity contribution is 7.14. The molecular weight excluding hydrogens is 306 g/mol. The van der Waals surface area contributed by atoms with Crippen molar-refractivity contribution >= 4 is 22.4 Å². The van der Waals surface area contributed by atoms with E-state index in [0.717, 1.165) is 11.3 Å². The van der Waals surface area contributed by atoms with E-state index in [9.17, 15) is 4.79 Å². The molecule has 2 aromatic heterocycles. The van der Waals surface area contributed by atoms with Gasteiger partial charge in [0.05, 0.1) is 5.69 Å². The minimum absolute atomic E-state index is 0. The summed E-state index contributed by atoms with van der Waals surface area (Å²) in [5.41, 5.74) is 3.01. The number of amides is 1. The van der Waals surface area contributed by atoms with Gasteiger partial charge in [0.25, 0.3) is 0 Å². The van der Waals surface area contributed by atoms with E-state index in [1.807, 2.05) is 47.8 Å². The number of benzene rings is 1. The van der Waals surface area contributed by atoms with Crippen molar-refractivity contribution < 1.29 is 6.22 Å². The van der Waals surface area contributed by atoms with Crippen LogP contribution in [-0.4, -0.2) is 15.9 Å². The molecule has 3 rings (SSSR count). The van der Waals surface area contributed by atoms with E-state index in [-0.39, 0.29) is 13.3 Å². The van der Waals surface area contributed by atoms with E-state index in [4.69, 9.17) is 0 Å². The first-order valence-corrected chi connectivity index (χ1v) is 8.31. The van der Waals surface area contributed by atoms with Crippen LogP contribution >= 0.6 is 11.3 Å². The predicted octanol–water partition coefficient (Wildman–Crippen LogP) is 4.58. The zero-order valence-corrected chi connectivity index (χ0v) is 13.6. The third-order valence-corrected chi connectivity index (χ3v) is 4.34. The Bertz CT molecular complexity index is 777. The highest BCUT2D eigenvalue weighted by Crippen LogP contribution is 2.25. The minimum atomic E-state index is -0.0167. The molecule has 1 atom stereocenters. The number of rotatable bonds is 5. The van der Waals surface area contributed by atoms with Gasteiger partial charge in [-0.1, -0.05) is 37.3 Å². The van der Waals surface area contributed by atoms with E-state index < -0.39 is 0 Å². The molecule has 0 aliphatic heterocycles. The lowest BCUT2D eigenvalue weighted by atomic mass is 9.98. The van der Waals surface area contributed by atoms with Gasteiger partial charge in [-0.3, -0.25) is 9.78 Å². The van der Waals surface area contributed by atoms with Crippen molar-refractivity contribution in [1.29, 1.82) is 0 Å². The van der Waals surface area contributed by atoms with Crippen LogP contribution in [0.25, 0.3) is 11.3 Å². The Hall–Kier alpha value is -2.53. The first-order chi connectivity index (χ1) is 11.2. The maximum atomic E-state index is 12.2. The number of pyridine rings is 1. The second-order valence-corrected chi connectivity index (χ2v) is 6.20. The fourth-order valence-corrected chi connectivity index (χ4v) is 3.07. The summed E-state index contributed by atoms with van der Waals surface area (Å²) < 4.78 is 0. The Balaban J connectivity index is 0.00000208. The molecule has 0 saturated carbocycles. The Morgan fingerprint density at radius 1 is 1.22 bits per heavy atom. The molecule has 1 N–H and O–H groups in total. The summed E-state index contributed by atoms with van der Waals surface area (Å²) in [4.78, 5) is 20.6. The van der Waals surface area contributed by atoms with Crippen LogP contribution in [0, 0.1) is 0 Å². The standard InChI is InChI=1S/C18H17N3OS.H2/c1-13(14-5-3-2-4-6-14)11-17(22)21-18-20-16(12-23-18)15-7-9-19-10-8-15;/h2-10,12-13H,11H2,1H3,(H,20,21,22);1H. The number of carbonyl (C=O) groups is 1. The van der Waals surface area contributed by atoms with Gasteiger partial charge in [-0.2, -0.15) is 0 Å². The van der Waals surface area contributed by atoms with Crippen LogP contribution in [0.3, 0.4) is 0 Å². The normalized spacial score (nSPS) is 11.9. The van der Waals surface area contributed by atoms with Crippen molar-refractivity contribution in [3.05, 3.63) is 65.8 Å². The zero-order valence-electron chi connectivity index (χ0n) is 12.8. The van der Waals surface area contributed by atoms with Gasteiger partial charge in [0.15, 0.2) is 5.13 Å². The summed E-state index contributed by atoms with van der Waals surface area (Å²) >= 11 is 1.43. The molecule has 5 heteroatoms. The molecule has 4 nitrogen and oxygen atoms in total. The van der Waals surface area contributed by atoms with Crippen LogP contribution in [0.4, 0.5) is 5.13 Å². The molecule has 3 aromatic rings. The number of thiazole rings is 1. The first kappa shape index (κ1) is 15.4. The molecule has 0 aliphatic rings. The van der Waals surface area contributed by atoms with Crippen LogP contribution < -0.4 is 5.32 Å². The quantitative estimate of drug-likeness (QED) is 0.747. The molecule has 0 fully saturated rings. The molecule has 0 spiro atoms. The van der Waals surface area contributed by atoms with Gasteiger partial charge in [-0.25, -0.2) is 4.98 Å². The Kier molecular flexibility index (Phi) is 4.78. The molecule has 0 bridgehead atoms. The van der Waals surface area contributed by atoms with E-state index in [1.165, 1.54) is 16.9 Å². The molecule has 1 amide bonds. The smallest absolute Gasteiger partial charge is 0.226 e. The molecule has 118 valence electrons. The largest absolute Gasteiger partial charge is 0.302 e. The maximum absolute atomic E-state index is 12.2. The number of anilines is 1. The van der Waals surface area contributed by atoms with Gasteiger partial charge in [-0.15, -0.1) is 11.3 Å². The lowest BCUT2D eigenvalue weighted by Gasteiger charge is -2.10.